The van der Waals surface area contributed by atoms with Crippen LogP contribution in [0.25, 0.3) is 0 Å². The van der Waals surface area contributed by atoms with Crippen LogP contribution in [0.2, 0.25) is 0 Å². The van der Waals surface area contributed by atoms with Crippen LogP contribution in [0, 0.1) is 0 Å². The van der Waals surface area contributed by atoms with E-state index in [9.17, 15) is 9.59 Å². The van der Waals surface area contributed by atoms with E-state index in [1.165, 1.54) is 0 Å². The van der Waals surface area contributed by atoms with Crippen molar-refractivity contribution < 1.29 is 14.7 Å². The Hall–Kier alpha value is -0.570. The number of rotatable bonds is 5. The van der Waals surface area contributed by atoms with Crippen molar-refractivity contribution in [2.24, 2.45) is 0 Å². The van der Waals surface area contributed by atoms with E-state index < -0.39 is 17.1 Å². The standard InChI is InChI=1S/C7H11ClO3/c1-2-3-4-5(9)6(8)7(10)11/h6H,2-4H2,1H3,(H,10,11). The van der Waals surface area contributed by atoms with Gasteiger partial charge < -0.3 is 5.11 Å². The molecule has 1 N–H and O–H groups in total. The second-order valence-corrected chi connectivity index (χ2v) is 2.71. The highest BCUT2D eigenvalue weighted by atomic mass is 35.5. The summed E-state index contributed by atoms with van der Waals surface area (Å²) in [5.41, 5.74) is 0. The molecule has 0 amide bonds. The van der Waals surface area contributed by atoms with Gasteiger partial charge in [0.25, 0.3) is 0 Å². The predicted octanol–water partition coefficient (Wildman–Crippen LogP) is 1.44. The Balaban J connectivity index is 3.74. The lowest BCUT2D eigenvalue weighted by Gasteiger charge is -2.00. The van der Waals surface area contributed by atoms with E-state index in [1.54, 1.807) is 0 Å². The van der Waals surface area contributed by atoms with Crippen molar-refractivity contribution >= 4 is 23.4 Å². The zero-order valence-electron chi connectivity index (χ0n) is 6.34. The highest BCUT2D eigenvalue weighted by molar-refractivity contribution is 6.40. The van der Waals surface area contributed by atoms with E-state index >= 15 is 0 Å². The number of unbranched alkanes of at least 4 members (excludes halogenated alkanes) is 1. The molecule has 0 bridgehead atoms. The lowest BCUT2D eigenvalue weighted by molar-refractivity contribution is -0.139. The summed E-state index contributed by atoms with van der Waals surface area (Å²) >= 11 is 5.25. The van der Waals surface area contributed by atoms with Gasteiger partial charge in [-0.15, -0.1) is 11.6 Å². The minimum absolute atomic E-state index is 0.261. The highest BCUT2D eigenvalue weighted by Crippen LogP contribution is 2.04. The molecule has 0 rings (SSSR count). The third-order valence-corrected chi connectivity index (χ3v) is 1.71. The molecule has 64 valence electrons. The van der Waals surface area contributed by atoms with Crippen LogP contribution in [-0.2, 0) is 9.59 Å². The van der Waals surface area contributed by atoms with Gasteiger partial charge in [0.15, 0.2) is 11.2 Å². The number of aliphatic carboxylic acids is 1. The minimum atomic E-state index is -1.36. The number of carboxylic acid groups (broad SMARTS) is 1. The number of alkyl halides is 1. The number of Topliss-reactive ketones (excluding diaryl/α,β-unsaturated/α-hetero) is 1. The van der Waals surface area contributed by atoms with Crippen molar-refractivity contribution in [3.05, 3.63) is 0 Å². The van der Waals surface area contributed by atoms with E-state index in [2.05, 4.69) is 0 Å². The van der Waals surface area contributed by atoms with E-state index in [-0.39, 0.29) is 6.42 Å². The Bertz CT molecular complexity index is 156. The first-order chi connectivity index (χ1) is 5.09. The molecule has 0 radical (unpaired) electrons. The molecule has 1 unspecified atom stereocenters. The second kappa shape index (κ2) is 5.13. The van der Waals surface area contributed by atoms with Crippen molar-refractivity contribution in [2.75, 3.05) is 0 Å². The van der Waals surface area contributed by atoms with Crippen molar-refractivity contribution in [1.82, 2.24) is 0 Å². The van der Waals surface area contributed by atoms with Crippen molar-refractivity contribution in [3.63, 3.8) is 0 Å². The van der Waals surface area contributed by atoms with Crippen LogP contribution in [0.3, 0.4) is 0 Å². The average molecular weight is 179 g/mol. The minimum Gasteiger partial charge on any atom is -0.480 e. The lowest BCUT2D eigenvalue weighted by atomic mass is 10.1. The number of hydrogen-bond acceptors (Lipinski definition) is 2. The Morgan fingerprint density at radius 1 is 1.55 bits per heavy atom. The Labute approximate surface area is 70.3 Å². The molecular weight excluding hydrogens is 168 g/mol. The zero-order valence-corrected chi connectivity index (χ0v) is 7.10. The molecule has 0 saturated carbocycles. The van der Waals surface area contributed by atoms with E-state index in [0.29, 0.717) is 6.42 Å². The fraction of sp³-hybridized carbons (Fsp3) is 0.714. The molecular formula is C7H11ClO3. The second-order valence-electron chi connectivity index (χ2n) is 2.27. The van der Waals surface area contributed by atoms with Crippen LogP contribution < -0.4 is 0 Å². The molecule has 0 aromatic carbocycles. The molecule has 11 heavy (non-hydrogen) atoms. The molecule has 0 aliphatic carbocycles. The number of carbonyl (C=O) groups excluding carboxylic acids is 1. The van der Waals surface area contributed by atoms with Crippen LogP contribution in [-0.4, -0.2) is 22.2 Å². The molecule has 0 fully saturated rings. The van der Waals surface area contributed by atoms with Crippen LogP contribution in [0.4, 0.5) is 0 Å². The van der Waals surface area contributed by atoms with Crippen LogP contribution >= 0.6 is 11.6 Å². The quantitative estimate of drug-likeness (QED) is 0.512. The third-order valence-electron chi connectivity index (χ3n) is 1.28. The number of carboxylic acids is 1. The fourth-order valence-corrected chi connectivity index (χ4v) is 0.725. The van der Waals surface area contributed by atoms with E-state index in [4.69, 9.17) is 16.7 Å². The summed E-state index contributed by atoms with van der Waals surface area (Å²) in [5.74, 6) is -1.66. The first kappa shape index (κ1) is 10.4. The third kappa shape index (κ3) is 3.98. The van der Waals surface area contributed by atoms with Crippen molar-refractivity contribution in [2.45, 2.75) is 31.6 Å². The SMILES string of the molecule is CCCCC(=O)C(Cl)C(=O)O. The molecule has 0 aromatic rings. The maximum atomic E-state index is 10.8. The maximum Gasteiger partial charge on any atom is 0.329 e. The van der Waals surface area contributed by atoms with Gasteiger partial charge in [0.2, 0.25) is 0 Å². The van der Waals surface area contributed by atoms with E-state index in [0.717, 1.165) is 6.42 Å². The normalized spacial score (nSPS) is 12.5. The summed E-state index contributed by atoms with van der Waals surface area (Å²) in [4.78, 5) is 21.0. The van der Waals surface area contributed by atoms with Crippen LogP contribution in [0.1, 0.15) is 26.2 Å². The van der Waals surface area contributed by atoms with Gasteiger partial charge in [0, 0.05) is 6.42 Å². The van der Waals surface area contributed by atoms with Gasteiger partial charge in [-0.3, -0.25) is 9.59 Å². The smallest absolute Gasteiger partial charge is 0.329 e. The Kier molecular flexibility index (Phi) is 4.86. The molecule has 0 aliphatic rings. The molecule has 0 heterocycles. The summed E-state index contributed by atoms with van der Waals surface area (Å²) in [7, 11) is 0. The summed E-state index contributed by atoms with van der Waals surface area (Å²) in [6.45, 7) is 1.93. The number of ketones is 1. The molecule has 0 aromatic heterocycles. The van der Waals surface area contributed by atoms with E-state index in [1.807, 2.05) is 6.92 Å². The van der Waals surface area contributed by atoms with Crippen molar-refractivity contribution in [3.8, 4) is 0 Å². The first-order valence-electron chi connectivity index (χ1n) is 3.49. The van der Waals surface area contributed by atoms with Crippen molar-refractivity contribution in [1.29, 1.82) is 0 Å². The number of halogens is 1. The zero-order chi connectivity index (χ0) is 8.85. The molecule has 0 aliphatic heterocycles. The summed E-state index contributed by atoms with van der Waals surface area (Å²) in [6.07, 6.45) is 1.83. The molecule has 1 atom stereocenters. The Morgan fingerprint density at radius 3 is 2.45 bits per heavy atom. The topological polar surface area (TPSA) is 54.4 Å². The van der Waals surface area contributed by atoms with Gasteiger partial charge in [-0.05, 0) is 6.42 Å². The van der Waals surface area contributed by atoms with Gasteiger partial charge in [0.1, 0.15) is 0 Å². The number of hydrogen-bond donors (Lipinski definition) is 1. The predicted molar refractivity (Wildman–Crippen MR) is 41.8 cm³/mol. The summed E-state index contributed by atoms with van der Waals surface area (Å²) in [5, 5.41) is 6.94. The summed E-state index contributed by atoms with van der Waals surface area (Å²) < 4.78 is 0. The summed E-state index contributed by atoms with van der Waals surface area (Å²) in [6, 6.07) is 0. The average Bonchev–Trinajstić information content (AvgIpc) is 1.98. The van der Waals surface area contributed by atoms with Crippen LogP contribution in [0.15, 0.2) is 0 Å². The van der Waals surface area contributed by atoms with Gasteiger partial charge in [-0.2, -0.15) is 0 Å². The lowest BCUT2D eigenvalue weighted by Crippen LogP contribution is -2.23. The monoisotopic (exact) mass is 178 g/mol. The van der Waals surface area contributed by atoms with Gasteiger partial charge in [-0.25, -0.2) is 0 Å². The fourth-order valence-electron chi connectivity index (χ4n) is 0.615. The van der Waals surface area contributed by atoms with Gasteiger partial charge in [-0.1, -0.05) is 13.3 Å². The molecule has 4 heteroatoms. The molecule has 3 nitrogen and oxygen atoms in total. The van der Waals surface area contributed by atoms with Gasteiger partial charge in [0.05, 0.1) is 0 Å². The first-order valence-corrected chi connectivity index (χ1v) is 3.92. The molecule has 0 saturated heterocycles. The Morgan fingerprint density at radius 2 is 2.09 bits per heavy atom. The maximum absolute atomic E-state index is 10.8. The largest absolute Gasteiger partial charge is 0.480 e. The molecule has 0 spiro atoms. The van der Waals surface area contributed by atoms with Gasteiger partial charge >= 0.3 is 5.97 Å². The number of carbonyl (C=O) groups is 2. The van der Waals surface area contributed by atoms with Crippen LogP contribution in [0.5, 0.6) is 0 Å². The highest BCUT2D eigenvalue weighted by Gasteiger charge is 2.21.